The summed E-state index contributed by atoms with van der Waals surface area (Å²) in [5, 5.41) is 14.1. The van der Waals surface area contributed by atoms with Gasteiger partial charge in [0, 0.05) is 11.4 Å². The number of nitrogens with one attached hydrogen (secondary N) is 1. The van der Waals surface area contributed by atoms with Gasteiger partial charge in [0.25, 0.3) is 0 Å². The zero-order valence-electron chi connectivity index (χ0n) is 14.2. The van der Waals surface area contributed by atoms with Crippen LogP contribution in [-0.2, 0) is 11.2 Å². The summed E-state index contributed by atoms with van der Waals surface area (Å²) < 4.78 is 17.0. The molecule has 0 bridgehead atoms. The molecule has 0 saturated heterocycles. The number of benzene rings is 1. The highest BCUT2D eigenvalue weighted by molar-refractivity contribution is 8.00. The van der Waals surface area contributed by atoms with E-state index in [0.29, 0.717) is 5.03 Å². The average molecular weight is 421 g/mol. The predicted molar refractivity (Wildman–Crippen MR) is 109 cm³/mol. The normalized spacial score (nSPS) is 11.4. The van der Waals surface area contributed by atoms with Crippen LogP contribution in [0.1, 0.15) is 12.7 Å². The number of rotatable bonds is 5. The summed E-state index contributed by atoms with van der Waals surface area (Å²) in [5.74, 6) is 0.0724. The molecule has 4 aromatic rings. The number of aryl methyl sites for hydroxylation is 1. The first-order chi connectivity index (χ1) is 13.1. The molecule has 0 aliphatic heterocycles. The van der Waals surface area contributed by atoms with Crippen molar-refractivity contribution in [3.8, 4) is 0 Å². The zero-order chi connectivity index (χ0) is 19.0. The monoisotopic (exact) mass is 420 g/mol. The maximum Gasteiger partial charge on any atom is 0.234 e. The van der Waals surface area contributed by atoms with Crippen LogP contribution in [-0.4, -0.2) is 26.3 Å². The Labute approximate surface area is 167 Å². The van der Waals surface area contributed by atoms with E-state index >= 15 is 0 Å². The Bertz CT molecular complexity index is 1160. The van der Waals surface area contributed by atoms with Crippen LogP contribution in [0.25, 0.3) is 15.7 Å². The molecule has 0 aliphatic rings. The minimum absolute atomic E-state index is 0.0940. The van der Waals surface area contributed by atoms with E-state index in [-0.39, 0.29) is 22.4 Å². The Morgan fingerprint density at radius 1 is 1.30 bits per heavy atom. The lowest BCUT2D eigenvalue weighted by Crippen LogP contribution is -2.15. The third-order valence-electron chi connectivity index (χ3n) is 4.02. The number of amides is 1. The molecule has 0 radical (unpaired) electrons. The Balaban J connectivity index is 1.56. The first-order valence-corrected chi connectivity index (χ1v) is 10.4. The van der Waals surface area contributed by atoms with Crippen molar-refractivity contribution < 1.29 is 9.18 Å². The van der Waals surface area contributed by atoms with Gasteiger partial charge < -0.3 is 5.32 Å². The minimum Gasteiger partial charge on any atom is -0.323 e. The Kier molecular flexibility index (Phi) is 5.03. The number of thioether (sulfide) groups is 1. The van der Waals surface area contributed by atoms with E-state index in [9.17, 15) is 9.18 Å². The van der Waals surface area contributed by atoms with E-state index in [1.807, 2.05) is 12.3 Å². The van der Waals surface area contributed by atoms with Gasteiger partial charge in [0.1, 0.15) is 16.7 Å². The summed E-state index contributed by atoms with van der Waals surface area (Å²) in [6.45, 7) is 2.03. The fourth-order valence-corrected chi connectivity index (χ4v) is 4.50. The summed E-state index contributed by atoms with van der Waals surface area (Å²) in [4.78, 5) is 12.2. The molecule has 0 saturated carbocycles. The summed E-state index contributed by atoms with van der Waals surface area (Å²) in [6.07, 6.45) is 0.754. The van der Waals surface area contributed by atoms with Crippen molar-refractivity contribution >= 4 is 62.0 Å². The molecule has 1 N–H and O–H groups in total. The first-order valence-electron chi connectivity index (χ1n) is 8.18. The molecule has 0 fully saturated rings. The number of nitrogens with zero attached hydrogens (tertiary/aromatic N) is 3. The highest BCUT2D eigenvalue weighted by atomic mass is 35.5. The lowest BCUT2D eigenvalue weighted by molar-refractivity contribution is -0.113. The van der Waals surface area contributed by atoms with Crippen LogP contribution in [0.4, 0.5) is 10.1 Å². The van der Waals surface area contributed by atoms with Gasteiger partial charge in [-0.15, -0.1) is 21.5 Å². The molecule has 0 unspecified atom stereocenters. The van der Waals surface area contributed by atoms with Crippen LogP contribution in [0.2, 0.25) is 5.02 Å². The van der Waals surface area contributed by atoms with Crippen LogP contribution >= 0.6 is 34.7 Å². The molecule has 0 atom stereocenters. The molecule has 0 spiro atoms. The van der Waals surface area contributed by atoms with Crippen LogP contribution in [0.3, 0.4) is 0 Å². The van der Waals surface area contributed by atoms with E-state index in [2.05, 4.69) is 32.0 Å². The topological polar surface area (TPSA) is 59.3 Å². The van der Waals surface area contributed by atoms with Crippen molar-refractivity contribution in [2.75, 3.05) is 11.1 Å². The van der Waals surface area contributed by atoms with Gasteiger partial charge in [0.15, 0.2) is 0 Å². The van der Waals surface area contributed by atoms with E-state index in [1.54, 1.807) is 11.3 Å². The summed E-state index contributed by atoms with van der Waals surface area (Å²) in [6, 6.07) is 8.25. The molecule has 1 amide bonds. The van der Waals surface area contributed by atoms with Gasteiger partial charge >= 0.3 is 0 Å². The van der Waals surface area contributed by atoms with Gasteiger partial charge in [-0.05, 0) is 35.7 Å². The molecule has 1 aromatic carbocycles. The maximum absolute atomic E-state index is 13.8. The highest BCUT2D eigenvalue weighted by Gasteiger charge is 2.15. The molecule has 5 nitrogen and oxygen atoms in total. The fraction of sp³-hybridized carbons (Fsp3) is 0.167. The van der Waals surface area contributed by atoms with E-state index in [0.717, 1.165) is 34.0 Å². The summed E-state index contributed by atoms with van der Waals surface area (Å²) in [7, 11) is 0. The third-order valence-corrected chi connectivity index (χ3v) is 6.08. The molecule has 3 heterocycles. The van der Waals surface area contributed by atoms with Gasteiger partial charge in [-0.2, -0.15) is 0 Å². The number of thiophene rings is 1. The van der Waals surface area contributed by atoms with Gasteiger partial charge in [-0.25, -0.2) is 4.39 Å². The molecule has 27 heavy (non-hydrogen) atoms. The number of fused-ring (bicyclic) bond motifs is 3. The fourth-order valence-electron chi connectivity index (χ4n) is 2.80. The number of carbonyl (C=O) groups is 1. The Morgan fingerprint density at radius 2 is 2.15 bits per heavy atom. The van der Waals surface area contributed by atoms with Crippen molar-refractivity contribution in [2.45, 2.75) is 18.4 Å². The lowest BCUT2D eigenvalue weighted by Gasteiger charge is -2.08. The molecule has 0 aliphatic carbocycles. The van der Waals surface area contributed by atoms with Crippen molar-refractivity contribution in [3.63, 3.8) is 0 Å². The van der Waals surface area contributed by atoms with Crippen molar-refractivity contribution in [1.82, 2.24) is 14.6 Å². The number of aromatic nitrogens is 3. The molecular formula is C18H14ClFN4OS2. The quantitative estimate of drug-likeness (QED) is 0.460. The predicted octanol–water partition coefficient (Wildman–Crippen LogP) is 5.03. The van der Waals surface area contributed by atoms with Crippen molar-refractivity contribution in [2.24, 2.45) is 0 Å². The van der Waals surface area contributed by atoms with E-state index in [1.165, 1.54) is 23.9 Å². The van der Waals surface area contributed by atoms with Crippen molar-refractivity contribution in [1.29, 1.82) is 0 Å². The SMILES string of the molecule is CCc1nnc(SCC(=O)Nc2ccc(Cl)cc2F)c2cc3sccc3n12. The smallest absolute Gasteiger partial charge is 0.234 e. The van der Waals surface area contributed by atoms with E-state index in [4.69, 9.17) is 11.6 Å². The number of anilines is 1. The first kappa shape index (κ1) is 18.2. The molecule has 9 heteroatoms. The van der Waals surface area contributed by atoms with Crippen LogP contribution < -0.4 is 5.32 Å². The second-order valence-corrected chi connectivity index (χ2v) is 8.12. The molecule has 138 valence electrons. The Morgan fingerprint density at radius 3 is 2.93 bits per heavy atom. The zero-order valence-corrected chi connectivity index (χ0v) is 16.6. The van der Waals surface area contributed by atoms with Crippen LogP contribution in [0.5, 0.6) is 0 Å². The number of halogens is 2. The lowest BCUT2D eigenvalue weighted by atomic mass is 10.3. The number of hydrogen-bond donors (Lipinski definition) is 1. The van der Waals surface area contributed by atoms with Crippen LogP contribution in [0.15, 0.2) is 40.7 Å². The van der Waals surface area contributed by atoms with Crippen LogP contribution in [0, 0.1) is 5.82 Å². The molecule has 3 aromatic heterocycles. The van der Waals surface area contributed by atoms with Crippen molar-refractivity contribution in [3.05, 3.63) is 52.4 Å². The Hall–Kier alpha value is -2.16. The minimum atomic E-state index is -0.567. The third kappa shape index (κ3) is 3.52. The number of hydrogen-bond acceptors (Lipinski definition) is 5. The molecular weight excluding hydrogens is 407 g/mol. The van der Waals surface area contributed by atoms with E-state index < -0.39 is 5.82 Å². The van der Waals surface area contributed by atoms with Gasteiger partial charge in [0.2, 0.25) is 5.91 Å². The van der Waals surface area contributed by atoms with Gasteiger partial charge in [0.05, 0.1) is 27.2 Å². The second kappa shape index (κ2) is 7.46. The highest BCUT2D eigenvalue weighted by Crippen LogP contribution is 2.31. The molecule has 4 rings (SSSR count). The summed E-state index contributed by atoms with van der Waals surface area (Å²) in [5.41, 5.74) is 2.13. The van der Waals surface area contributed by atoms with Gasteiger partial charge in [-0.3, -0.25) is 9.20 Å². The number of carbonyl (C=O) groups excluding carboxylic acids is 1. The maximum atomic E-state index is 13.8. The largest absolute Gasteiger partial charge is 0.323 e. The summed E-state index contributed by atoms with van der Waals surface area (Å²) >= 11 is 8.65. The standard InChI is InChI=1S/C18H14ClFN4OS2/c1-2-16-22-23-18(14-8-15-13(24(14)16)5-6-26-15)27-9-17(25)21-12-4-3-10(19)7-11(12)20/h3-8H,2,9H2,1H3,(H,21,25). The average Bonchev–Trinajstić information content (AvgIpc) is 3.23. The van der Waals surface area contributed by atoms with Gasteiger partial charge in [-0.1, -0.05) is 30.3 Å². The second-order valence-electron chi connectivity index (χ2n) is 5.77.